The Labute approximate surface area is 102 Å². The molecular weight excluding hydrogens is 216 g/mol. The van der Waals surface area contributed by atoms with Crippen molar-refractivity contribution in [2.75, 3.05) is 13.1 Å². The molecule has 4 heteroatoms. The highest BCUT2D eigenvalue weighted by atomic mass is 16.3. The van der Waals surface area contributed by atoms with Crippen molar-refractivity contribution in [2.24, 2.45) is 0 Å². The average molecular weight is 236 g/mol. The van der Waals surface area contributed by atoms with Gasteiger partial charge >= 0.3 is 0 Å². The van der Waals surface area contributed by atoms with E-state index in [0.717, 1.165) is 5.56 Å². The number of carbonyl (C=O) groups excluding carboxylic acids is 1. The largest absolute Gasteiger partial charge is 0.393 e. The number of carbonyl (C=O) groups is 1. The zero-order valence-corrected chi connectivity index (χ0v) is 10.7. The molecule has 1 aromatic heterocycles. The zero-order chi connectivity index (χ0) is 12.8. The normalized spacial score (nSPS) is 12.2. The maximum Gasteiger partial charge on any atom is 0.272 e. The highest BCUT2D eigenvalue weighted by Crippen LogP contribution is 2.05. The van der Waals surface area contributed by atoms with E-state index in [4.69, 9.17) is 0 Å². The van der Waals surface area contributed by atoms with Crippen LogP contribution in [0.25, 0.3) is 0 Å². The fourth-order valence-corrected chi connectivity index (χ4v) is 1.50. The molecule has 4 nitrogen and oxygen atoms in total. The van der Waals surface area contributed by atoms with Crippen LogP contribution in [0.4, 0.5) is 0 Å². The lowest BCUT2D eigenvalue weighted by atomic mass is 10.2. The van der Waals surface area contributed by atoms with Gasteiger partial charge in [0, 0.05) is 19.3 Å². The Bertz CT molecular complexity index is 360. The smallest absolute Gasteiger partial charge is 0.272 e. The van der Waals surface area contributed by atoms with Gasteiger partial charge in [0.1, 0.15) is 5.69 Å². The van der Waals surface area contributed by atoms with Crippen LogP contribution < -0.4 is 0 Å². The van der Waals surface area contributed by atoms with Gasteiger partial charge < -0.3 is 10.0 Å². The van der Waals surface area contributed by atoms with Gasteiger partial charge in [0.25, 0.3) is 5.91 Å². The number of aliphatic hydroxyl groups is 1. The molecule has 1 rings (SSSR count). The third-order valence-corrected chi connectivity index (χ3v) is 2.62. The molecule has 0 aliphatic carbocycles. The van der Waals surface area contributed by atoms with E-state index in [1.165, 1.54) is 0 Å². The molecule has 0 spiro atoms. The minimum atomic E-state index is -0.386. The summed E-state index contributed by atoms with van der Waals surface area (Å²) < 4.78 is 0. The number of aliphatic hydroxyl groups excluding tert-OH is 1. The average Bonchev–Trinajstić information content (AvgIpc) is 2.30. The predicted octanol–water partition coefficient (Wildman–Crippen LogP) is 1.62. The van der Waals surface area contributed by atoms with E-state index in [1.807, 2.05) is 19.9 Å². The number of aromatic nitrogens is 1. The van der Waals surface area contributed by atoms with Gasteiger partial charge in [0.2, 0.25) is 0 Å². The summed E-state index contributed by atoms with van der Waals surface area (Å²) in [6.07, 6.45) is 1.89. The number of nitrogens with zero attached hydrogens (tertiary/aromatic N) is 2. The van der Waals surface area contributed by atoms with Gasteiger partial charge in [-0.05, 0) is 38.8 Å². The highest BCUT2D eigenvalue weighted by molar-refractivity contribution is 5.92. The van der Waals surface area contributed by atoms with E-state index < -0.39 is 0 Å². The van der Waals surface area contributed by atoms with Crippen LogP contribution in [0, 0.1) is 6.92 Å². The van der Waals surface area contributed by atoms with Gasteiger partial charge in [-0.25, -0.2) is 0 Å². The van der Waals surface area contributed by atoms with Gasteiger partial charge in [0.15, 0.2) is 0 Å². The van der Waals surface area contributed by atoms with Crippen LogP contribution in [0.1, 0.15) is 36.3 Å². The van der Waals surface area contributed by atoms with E-state index >= 15 is 0 Å². The van der Waals surface area contributed by atoms with Crippen LogP contribution in [0.15, 0.2) is 18.3 Å². The summed E-state index contributed by atoms with van der Waals surface area (Å²) in [5, 5.41) is 9.23. The minimum absolute atomic E-state index is 0.0758. The van der Waals surface area contributed by atoms with Crippen LogP contribution in [0.2, 0.25) is 0 Å². The van der Waals surface area contributed by atoms with Crippen LogP contribution in [-0.2, 0) is 0 Å². The predicted molar refractivity (Wildman–Crippen MR) is 66.8 cm³/mol. The quantitative estimate of drug-likeness (QED) is 0.845. The maximum absolute atomic E-state index is 12.1. The Morgan fingerprint density at radius 3 is 2.71 bits per heavy atom. The Kier molecular flexibility index (Phi) is 5.10. The number of rotatable bonds is 5. The van der Waals surface area contributed by atoms with E-state index in [0.29, 0.717) is 25.2 Å². The number of hydrogen-bond acceptors (Lipinski definition) is 3. The van der Waals surface area contributed by atoms with Crippen molar-refractivity contribution in [1.82, 2.24) is 9.88 Å². The third kappa shape index (κ3) is 4.15. The molecule has 0 saturated heterocycles. The molecule has 0 fully saturated rings. The lowest BCUT2D eigenvalue weighted by molar-refractivity contribution is 0.0729. The van der Waals surface area contributed by atoms with Gasteiger partial charge in [-0.15, -0.1) is 0 Å². The Morgan fingerprint density at radius 1 is 1.53 bits per heavy atom. The molecule has 1 amide bonds. The summed E-state index contributed by atoms with van der Waals surface area (Å²) in [7, 11) is 0. The van der Waals surface area contributed by atoms with E-state index in [2.05, 4.69) is 4.98 Å². The molecule has 94 valence electrons. The molecule has 0 aliphatic rings. The van der Waals surface area contributed by atoms with Crippen molar-refractivity contribution in [2.45, 2.75) is 33.3 Å². The summed E-state index contributed by atoms with van der Waals surface area (Å²) in [5.41, 5.74) is 1.50. The molecule has 0 saturated carbocycles. The summed E-state index contributed by atoms with van der Waals surface area (Å²) >= 11 is 0. The standard InChI is InChI=1S/C13H20N2O2/c1-4-15(8-7-11(3)16)13(17)12-6-5-10(2)9-14-12/h5-6,9,11,16H,4,7-8H2,1-3H3. The topological polar surface area (TPSA) is 53.4 Å². The van der Waals surface area contributed by atoms with Crippen molar-refractivity contribution < 1.29 is 9.90 Å². The molecule has 1 aromatic rings. The van der Waals surface area contributed by atoms with Gasteiger partial charge in [-0.3, -0.25) is 9.78 Å². The Balaban J connectivity index is 2.68. The van der Waals surface area contributed by atoms with E-state index in [1.54, 1.807) is 24.1 Å². The lowest BCUT2D eigenvalue weighted by Crippen LogP contribution is -2.33. The van der Waals surface area contributed by atoms with Crippen molar-refractivity contribution in [3.8, 4) is 0 Å². The summed E-state index contributed by atoms with van der Waals surface area (Å²) in [6.45, 7) is 6.77. The minimum Gasteiger partial charge on any atom is -0.393 e. The SMILES string of the molecule is CCN(CCC(C)O)C(=O)c1ccc(C)cn1. The number of aryl methyl sites for hydroxylation is 1. The monoisotopic (exact) mass is 236 g/mol. The first-order chi connectivity index (χ1) is 8.04. The van der Waals surface area contributed by atoms with Crippen LogP contribution in [0.3, 0.4) is 0 Å². The molecular formula is C13H20N2O2. The first kappa shape index (κ1) is 13.6. The van der Waals surface area contributed by atoms with Crippen molar-refractivity contribution in [3.63, 3.8) is 0 Å². The molecule has 0 aromatic carbocycles. The summed E-state index contributed by atoms with van der Waals surface area (Å²) in [5.74, 6) is -0.0758. The molecule has 17 heavy (non-hydrogen) atoms. The Morgan fingerprint density at radius 2 is 2.24 bits per heavy atom. The van der Waals surface area contributed by atoms with Crippen LogP contribution >= 0.6 is 0 Å². The summed E-state index contributed by atoms with van der Waals surface area (Å²) in [4.78, 5) is 17.9. The van der Waals surface area contributed by atoms with E-state index in [-0.39, 0.29) is 12.0 Å². The third-order valence-electron chi connectivity index (χ3n) is 2.62. The van der Waals surface area contributed by atoms with Gasteiger partial charge in [-0.2, -0.15) is 0 Å². The first-order valence-electron chi connectivity index (χ1n) is 5.94. The lowest BCUT2D eigenvalue weighted by Gasteiger charge is -2.21. The second kappa shape index (κ2) is 6.35. The molecule has 1 unspecified atom stereocenters. The first-order valence-corrected chi connectivity index (χ1v) is 5.94. The second-order valence-electron chi connectivity index (χ2n) is 4.24. The van der Waals surface area contributed by atoms with Crippen LogP contribution in [-0.4, -0.2) is 40.1 Å². The Hall–Kier alpha value is -1.42. The number of hydrogen-bond donors (Lipinski definition) is 1. The molecule has 1 atom stereocenters. The van der Waals surface area contributed by atoms with Crippen molar-refractivity contribution in [3.05, 3.63) is 29.6 Å². The van der Waals surface area contributed by atoms with Crippen molar-refractivity contribution >= 4 is 5.91 Å². The zero-order valence-electron chi connectivity index (χ0n) is 10.7. The second-order valence-corrected chi connectivity index (χ2v) is 4.24. The number of pyridine rings is 1. The highest BCUT2D eigenvalue weighted by Gasteiger charge is 2.15. The maximum atomic E-state index is 12.1. The fourth-order valence-electron chi connectivity index (χ4n) is 1.50. The van der Waals surface area contributed by atoms with Gasteiger partial charge in [0.05, 0.1) is 6.10 Å². The molecule has 1 heterocycles. The summed E-state index contributed by atoms with van der Waals surface area (Å²) in [6, 6.07) is 3.62. The molecule has 0 radical (unpaired) electrons. The fraction of sp³-hybridized carbons (Fsp3) is 0.538. The van der Waals surface area contributed by atoms with Crippen molar-refractivity contribution in [1.29, 1.82) is 0 Å². The van der Waals surface area contributed by atoms with Crippen LogP contribution in [0.5, 0.6) is 0 Å². The molecule has 0 bridgehead atoms. The van der Waals surface area contributed by atoms with Gasteiger partial charge in [-0.1, -0.05) is 6.07 Å². The number of amides is 1. The van der Waals surface area contributed by atoms with E-state index in [9.17, 15) is 9.90 Å². The molecule has 1 N–H and O–H groups in total. The molecule has 0 aliphatic heterocycles.